The van der Waals surface area contributed by atoms with Crippen LogP contribution in [0.25, 0.3) is 10.8 Å². The predicted molar refractivity (Wildman–Crippen MR) is 68.7 cm³/mol. The molecule has 1 nitrogen and oxygen atoms in total. The third kappa shape index (κ3) is 1.35. The zero-order chi connectivity index (χ0) is 8.72. The molecule has 1 aromatic heterocycles. The lowest BCUT2D eigenvalue weighted by molar-refractivity contribution is 1.37. The van der Waals surface area contributed by atoms with Gasteiger partial charge in [0.05, 0.1) is 3.70 Å². The van der Waals surface area contributed by atoms with Crippen LogP contribution in [-0.2, 0) is 0 Å². The minimum Gasteiger partial charge on any atom is -0.340 e. The second kappa shape index (κ2) is 3.34. The Balaban J connectivity index is 2.99. The van der Waals surface area contributed by atoms with Crippen molar-refractivity contribution < 1.29 is 0 Å². The average molecular weight is 403 g/mol. The number of benzene rings is 1. The van der Waals surface area contributed by atoms with Crippen molar-refractivity contribution in [2.45, 2.75) is 0 Å². The number of nitrogens with one attached hydrogen (secondary N) is 1. The lowest BCUT2D eigenvalue weighted by Crippen LogP contribution is -1.73. The number of aromatic nitrogens is 1. The molecule has 0 atom stereocenters. The van der Waals surface area contributed by atoms with E-state index in [1.165, 1.54) is 8.96 Å². The molecular formula is C8H4ClI2N. The Morgan fingerprint density at radius 1 is 1.25 bits per heavy atom. The number of H-pyrrole nitrogens is 1. The molecule has 0 fully saturated rings. The number of halogens is 3. The second-order valence-corrected chi connectivity index (χ2v) is 5.03. The van der Waals surface area contributed by atoms with Crippen LogP contribution in [-0.4, -0.2) is 4.98 Å². The van der Waals surface area contributed by atoms with Gasteiger partial charge >= 0.3 is 0 Å². The topological polar surface area (TPSA) is 15.8 Å². The van der Waals surface area contributed by atoms with Crippen molar-refractivity contribution in [1.82, 2.24) is 4.98 Å². The van der Waals surface area contributed by atoms with Gasteiger partial charge < -0.3 is 4.98 Å². The molecule has 0 saturated carbocycles. The first-order valence-corrected chi connectivity index (χ1v) is 5.85. The van der Waals surface area contributed by atoms with Crippen LogP contribution in [0.5, 0.6) is 0 Å². The number of fused-ring (bicyclic) bond motifs is 1. The summed E-state index contributed by atoms with van der Waals surface area (Å²) in [6, 6.07) is 6.12. The van der Waals surface area contributed by atoms with E-state index >= 15 is 0 Å². The fraction of sp³-hybridized carbons (Fsp3) is 0. The highest BCUT2D eigenvalue weighted by Crippen LogP contribution is 2.30. The zero-order valence-electron chi connectivity index (χ0n) is 5.87. The van der Waals surface area contributed by atoms with Crippen LogP contribution in [0.2, 0.25) is 5.15 Å². The summed E-state index contributed by atoms with van der Waals surface area (Å²) in [5.41, 5.74) is 0. The normalized spacial score (nSPS) is 10.9. The minimum absolute atomic E-state index is 0.730. The van der Waals surface area contributed by atoms with E-state index in [2.05, 4.69) is 56.2 Å². The Bertz CT molecular complexity index is 436. The number of aromatic amines is 1. The summed E-state index contributed by atoms with van der Waals surface area (Å²) in [5, 5.41) is 3.06. The Morgan fingerprint density at radius 3 is 2.67 bits per heavy atom. The molecule has 0 unspecified atom stereocenters. The Morgan fingerprint density at radius 2 is 2.00 bits per heavy atom. The highest BCUT2D eigenvalue weighted by Gasteiger charge is 2.08. The highest BCUT2D eigenvalue weighted by molar-refractivity contribution is 14.1. The SMILES string of the molecule is Clc1[nH]c(I)c2c(I)cccc12. The van der Waals surface area contributed by atoms with Crippen molar-refractivity contribution in [3.63, 3.8) is 0 Å². The first kappa shape index (κ1) is 9.08. The van der Waals surface area contributed by atoms with Gasteiger partial charge in [0.2, 0.25) is 0 Å². The van der Waals surface area contributed by atoms with Crippen molar-refractivity contribution in [3.8, 4) is 0 Å². The van der Waals surface area contributed by atoms with Crippen molar-refractivity contribution in [3.05, 3.63) is 30.6 Å². The molecule has 2 rings (SSSR count). The van der Waals surface area contributed by atoms with Crippen LogP contribution in [0, 0.1) is 7.27 Å². The molecule has 4 heteroatoms. The van der Waals surface area contributed by atoms with Crippen LogP contribution < -0.4 is 0 Å². The van der Waals surface area contributed by atoms with Crippen LogP contribution in [0.4, 0.5) is 0 Å². The second-order valence-electron chi connectivity index (χ2n) is 2.42. The van der Waals surface area contributed by atoms with Gasteiger partial charge in [0.15, 0.2) is 0 Å². The molecule has 2 aromatic rings. The standard InChI is InChI=1S/C8H4ClI2N/c9-7-4-2-1-3-5(10)6(4)8(11)12-7/h1-3,12H. The van der Waals surface area contributed by atoms with Gasteiger partial charge in [-0.3, -0.25) is 0 Å². The number of hydrogen-bond acceptors (Lipinski definition) is 0. The van der Waals surface area contributed by atoms with E-state index in [4.69, 9.17) is 11.6 Å². The monoisotopic (exact) mass is 403 g/mol. The van der Waals surface area contributed by atoms with Gasteiger partial charge in [-0.05, 0) is 51.2 Å². The molecule has 0 amide bonds. The largest absolute Gasteiger partial charge is 0.340 e. The fourth-order valence-electron chi connectivity index (χ4n) is 1.16. The lowest BCUT2D eigenvalue weighted by Gasteiger charge is -1.93. The quantitative estimate of drug-likeness (QED) is 0.640. The van der Waals surface area contributed by atoms with Crippen molar-refractivity contribution in [1.29, 1.82) is 0 Å². The summed E-state index contributed by atoms with van der Waals surface area (Å²) in [7, 11) is 0. The minimum atomic E-state index is 0.730. The first-order chi connectivity index (χ1) is 5.70. The fourth-order valence-corrected chi connectivity index (χ4v) is 3.70. The Labute approximate surface area is 102 Å². The summed E-state index contributed by atoms with van der Waals surface area (Å²) in [4.78, 5) is 3.10. The Kier molecular flexibility index (Phi) is 2.53. The molecule has 0 aliphatic carbocycles. The van der Waals surface area contributed by atoms with E-state index < -0.39 is 0 Å². The molecule has 0 saturated heterocycles. The molecule has 0 bridgehead atoms. The lowest BCUT2D eigenvalue weighted by atomic mass is 10.2. The van der Waals surface area contributed by atoms with Gasteiger partial charge in [0.1, 0.15) is 5.15 Å². The van der Waals surface area contributed by atoms with E-state index in [9.17, 15) is 0 Å². The first-order valence-electron chi connectivity index (χ1n) is 3.31. The van der Waals surface area contributed by atoms with Gasteiger partial charge in [0, 0.05) is 14.3 Å². The summed E-state index contributed by atoms with van der Waals surface area (Å²) in [5.74, 6) is 0. The predicted octanol–water partition coefficient (Wildman–Crippen LogP) is 4.03. The summed E-state index contributed by atoms with van der Waals surface area (Å²) in [6.07, 6.45) is 0. The number of rotatable bonds is 0. The molecule has 0 spiro atoms. The van der Waals surface area contributed by atoms with Crippen LogP contribution in [0.1, 0.15) is 0 Å². The third-order valence-corrected chi connectivity index (χ3v) is 3.70. The maximum Gasteiger partial charge on any atom is 0.115 e. The van der Waals surface area contributed by atoms with E-state index in [1.54, 1.807) is 0 Å². The van der Waals surface area contributed by atoms with Gasteiger partial charge in [0.25, 0.3) is 0 Å². The maximum absolute atomic E-state index is 5.99. The molecule has 1 heterocycles. The maximum atomic E-state index is 5.99. The van der Waals surface area contributed by atoms with E-state index in [0.29, 0.717) is 0 Å². The van der Waals surface area contributed by atoms with E-state index in [0.717, 1.165) is 14.2 Å². The highest BCUT2D eigenvalue weighted by atomic mass is 127. The molecule has 1 N–H and O–H groups in total. The third-order valence-electron chi connectivity index (χ3n) is 1.69. The van der Waals surface area contributed by atoms with Crippen LogP contribution in [0.3, 0.4) is 0 Å². The van der Waals surface area contributed by atoms with Gasteiger partial charge in [-0.1, -0.05) is 23.7 Å². The van der Waals surface area contributed by atoms with Crippen LogP contribution >= 0.6 is 56.8 Å². The van der Waals surface area contributed by atoms with Crippen molar-refractivity contribution in [2.75, 3.05) is 0 Å². The van der Waals surface area contributed by atoms with E-state index in [1.807, 2.05) is 12.1 Å². The molecule has 0 aliphatic heterocycles. The smallest absolute Gasteiger partial charge is 0.115 e. The zero-order valence-corrected chi connectivity index (χ0v) is 10.9. The van der Waals surface area contributed by atoms with Gasteiger partial charge in [-0.25, -0.2) is 0 Å². The van der Waals surface area contributed by atoms with Crippen molar-refractivity contribution >= 4 is 67.6 Å². The van der Waals surface area contributed by atoms with Gasteiger partial charge in [-0.15, -0.1) is 0 Å². The molecule has 12 heavy (non-hydrogen) atoms. The molecular weight excluding hydrogens is 399 g/mol. The van der Waals surface area contributed by atoms with E-state index in [-0.39, 0.29) is 0 Å². The molecule has 62 valence electrons. The molecule has 0 radical (unpaired) electrons. The number of hydrogen-bond donors (Lipinski definition) is 1. The van der Waals surface area contributed by atoms with Crippen molar-refractivity contribution in [2.24, 2.45) is 0 Å². The van der Waals surface area contributed by atoms with Gasteiger partial charge in [-0.2, -0.15) is 0 Å². The molecule has 1 aromatic carbocycles. The summed E-state index contributed by atoms with van der Waals surface area (Å²) < 4.78 is 2.34. The van der Waals surface area contributed by atoms with Crippen LogP contribution in [0.15, 0.2) is 18.2 Å². The Hall–Kier alpha value is 0.510. The average Bonchev–Trinajstić information content (AvgIpc) is 2.29. The molecule has 0 aliphatic rings. The summed E-state index contributed by atoms with van der Waals surface area (Å²) in [6.45, 7) is 0. The summed E-state index contributed by atoms with van der Waals surface area (Å²) >= 11 is 10.6.